The molecule has 0 saturated heterocycles. The van der Waals surface area contributed by atoms with Gasteiger partial charge in [0, 0.05) is 38.0 Å². The zero-order chi connectivity index (χ0) is 20.8. The van der Waals surface area contributed by atoms with Gasteiger partial charge < -0.3 is 4.90 Å². The average Bonchev–Trinajstić information content (AvgIpc) is 3.02. The van der Waals surface area contributed by atoms with Crippen LogP contribution in [0.2, 0.25) is 0 Å². The highest BCUT2D eigenvalue weighted by Gasteiger charge is 2.64. The lowest BCUT2D eigenvalue weighted by atomic mass is 9.40. The van der Waals surface area contributed by atoms with Gasteiger partial charge in [0.15, 0.2) is 5.78 Å². The molecule has 30 heavy (non-hydrogen) atoms. The van der Waals surface area contributed by atoms with Crippen LogP contribution >= 0.6 is 0 Å². The molecule has 0 aromatic heterocycles. The molecule has 6 atom stereocenters. The first-order valence-electron chi connectivity index (χ1n) is 11.9. The number of carbonyl (C=O) groups excluding carboxylic acids is 2. The summed E-state index contributed by atoms with van der Waals surface area (Å²) < 4.78 is 0. The van der Waals surface area contributed by atoms with E-state index in [4.69, 9.17) is 0 Å². The largest absolute Gasteiger partial charge is 0.378 e. The van der Waals surface area contributed by atoms with Crippen LogP contribution in [0.5, 0.6) is 0 Å². The molecule has 0 aliphatic heterocycles. The molecule has 3 saturated carbocycles. The van der Waals surface area contributed by atoms with Gasteiger partial charge in [0.2, 0.25) is 0 Å². The third kappa shape index (κ3) is 2.27. The van der Waals surface area contributed by atoms with Crippen LogP contribution in [-0.2, 0) is 16.0 Å². The fourth-order valence-electron chi connectivity index (χ4n) is 8.65. The van der Waals surface area contributed by atoms with Gasteiger partial charge in [-0.3, -0.25) is 9.59 Å². The minimum atomic E-state index is -0.145. The van der Waals surface area contributed by atoms with E-state index >= 15 is 0 Å². The third-order valence-corrected chi connectivity index (χ3v) is 9.92. The van der Waals surface area contributed by atoms with E-state index in [1.165, 1.54) is 28.8 Å². The molecule has 0 radical (unpaired) electrons. The van der Waals surface area contributed by atoms with E-state index in [1.807, 2.05) is 6.08 Å². The minimum absolute atomic E-state index is 0.145. The number of rotatable bonds is 1. The van der Waals surface area contributed by atoms with Gasteiger partial charge in [-0.15, -0.1) is 0 Å². The van der Waals surface area contributed by atoms with Crippen molar-refractivity contribution >= 4 is 17.3 Å². The Balaban J connectivity index is 1.56. The van der Waals surface area contributed by atoms with E-state index < -0.39 is 0 Å². The second-order valence-corrected chi connectivity index (χ2v) is 11.3. The number of anilines is 1. The van der Waals surface area contributed by atoms with Crippen molar-refractivity contribution < 1.29 is 9.59 Å². The van der Waals surface area contributed by atoms with Crippen LogP contribution in [0, 0.1) is 28.6 Å². The number of ketones is 2. The monoisotopic (exact) mass is 403 g/mol. The first kappa shape index (κ1) is 18.8. The van der Waals surface area contributed by atoms with Crippen LogP contribution in [0.3, 0.4) is 0 Å². The van der Waals surface area contributed by atoms with Crippen molar-refractivity contribution in [2.45, 2.75) is 64.2 Å². The Morgan fingerprint density at radius 1 is 1.07 bits per heavy atom. The van der Waals surface area contributed by atoms with Gasteiger partial charge >= 0.3 is 0 Å². The molecule has 6 rings (SSSR count). The highest BCUT2D eigenvalue weighted by atomic mass is 16.1. The first-order valence-corrected chi connectivity index (χ1v) is 11.9. The number of fused-ring (bicyclic) bond motifs is 4. The molecule has 1 spiro atoms. The second-order valence-electron chi connectivity index (χ2n) is 11.3. The summed E-state index contributed by atoms with van der Waals surface area (Å²) in [6.07, 6.45) is 9.92. The minimum Gasteiger partial charge on any atom is -0.378 e. The Labute approximate surface area is 179 Å². The topological polar surface area (TPSA) is 37.4 Å². The summed E-state index contributed by atoms with van der Waals surface area (Å²) in [5, 5.41) is 0. The molecule has 0 amide bonds. The van der Waals surface area contributed by atoms with Crippen LogP contribution in [0.25, 0.3) is 0 Å². The number of carbonyl (C=O) groups is 2. The van der Waals surface area contributed by atoms with Crippen LogP contribution < -0.4 is 4.90 Å². The zero-order valence-electron chi connectivity index (χ0n) is 18.5. The predicted molar refractivity (Wildman–Crippen MR) is 119 cm³/mol. The van der Waals surface area contributed by atoms with Crippen LogP contribution in [0.15, 0.2) is 29.8 Å². The summed E-state index contributed by atoms with van der Waals surface area (Å²) in [6.45, 7) is 2.29. The Bertz CT molecular complexity index is 991. The lowest BCUT2D eigenvalue weighted by molar-refractivity contribution is -0.135. The van der Waals surface area contributed by atoms with Crippen molar-refractivity contribution in [1.82, 2.24) is 0 Å². The summed E-state index contributed by atoms with van der Waals surface area (Å²) in [5.74, 6) is 3.08. The summed E-state index contributed by atoms with van der Waals surface area (Å²) in [6, 6.07) is 7.03. The molecule has 1 aromatic carbocycles. The van der Waals surface area contributed by atoms with Gasteiger partial charge in [-0.05, 0) is 96.9 Å². The van der Waals surface area contributed by atoms with E-state index in [0.717, 1.165) is 38.5 Å². The standard InChI is InChI=1S/C27H33NO2/c1-26-15-22-20-7-5-18(28(2)3)12-16(20)14-27-11-10-19(29)13-17(27)4-6-21(25(22)27)23(26)8-9-24(26)30/h5,7,12-13,21-23,25H,4,6,8-11,14-15H2,1-3H3/t21-,22?,23-,25?,26-,27+/m0/s1. The molecule has 3 heteroatoms. The van der Waals surface area contributed by atoms with Crippen molar-refractivity contribution in [3.8, 4) is 0 Å². The maximum atomic E-state index is 13.1. The van der Waals surface area contributed by atoms with Gasteiger partial charge in [-0.25, -0.2) is 0 Å². The van der Waals surface area contributed by atoms with Gasteiger partial charge in [-0.2, -0.15) is 0 Å². The predicted octanol–water partition coefficient (Wildman–Crippen LogP) is 5.08. The second kappa shape index (κ2) is 6.08. The lowest BCUT2D eigenvalue weighted by Gasteiger charge is -2.63. The van der Waals surface area contributed by atoms with E-state index in [2.05, 4.69) is 44.1 Å². The van der Waals surface area contributed by atoms with Crippen molar-refractivity contribution in [3.05, 3.63) is 41.0 Å². The number of hydrogen-bond donors (Lipinski definition) is 0. The summed E-state index contributed by atoms with van der Waals surface area (Å²) in [7, 11) is 4.21. The Morgan fingerprint density at radius 3 is 2.70 bits per heavy atom. The maximum Gasteiger partial charge on any atom is 0.155 e. The van der Waals surface area contributed by atoms with Gasteiger partial charge in [0.1, 0.15) is 5.78 Å². The number of Topliss-reactive ketones (excluding diaryl/α,β-unsaturated/α-hetero) is 1. The van der Waals surface area contributed by atoms with E-state index in [-0.39, 0.29) is 10.8 Å². The number of allylic oxidation sites excluding steroid dienone is 1. The molecule has 3 fully saturated rings. The summed E-state index contributed by atoms with van der Waals surface area (Å²) >= 11 is 0. The van der Waals surface area contributed by atoms with Crippen LogP contribution in [0.4, 0.5) is 5.69 Å². The quantitative estimate of drug-likeness (QED) is 0.656. The van der Waals surface area contributed by atoms with Crippen molar-refractivity contribution in [2.75, 3.05) is 19.0 Å². The molecule has 1 aromatic rings. The average molecular weight is 404 g/mol. The van der Waals surface area contributed by atoms with Crippen LogP contribution in [-0.4, -0.2) is 25.7 Å². The summed E-state index contributed by atoms with van der Waals surface area (Å²) in [4.78, 5) is 27.6. The normalized spacial score (nSPS) is 41.4. The fraction of sp³-hybridized carbons (Fsp3) is 0.630. The Morgan fingerprint density at radius 2 is 1.90 bits per heavy atom. The van der Waals surface area contributed by atoms with E-state index in [1.54, 1.807) is 0 Å². The molecule has 0 heterocycles. The maximum absolute atomic E-state index is 13.1. The smallest absolute Gasteiger partial charge is 0.155 e. The molecule has 158 valence electrons. The van der Waals surface area contributed by atoms with E-state index in [0.29, 0.717) is 41.7 Å². The first-order chi connectivity index (χ1) is 14.3. The molecule has 3 nitrogen and oxygen atoms in total. The summed E-state index contributed by atoms with van der Waals surface area (Å²) in [5.41, 5.74) is 5.67. The highest BCUT2D eigenvalue weighted by molar-refractivity contribution is 5.92. The number of nitrogens with zero attached hydrogens (tertiary/aromatic N) is 1. The van der Waals surface area contributed by atoms with Crippen LogP contribution in [0.1, 0.15) is 68.9 Å². The van der Waals surface area contributed by atoms with Crippen molar-refractivity contribution in [2.24, 2.45) is 28.6 Å². The van der Waals surface area contributed by atoms with Gasteiger partial charge in [-0.1, -0.05) is 18.6 Å². The van der Waals surface area contributed by atoms with Gasteiger partial charge in [0.25, 0.3) is 0 Å². The fourth-order valence-corrected chi connectivity index (χ4v) is 8.65. The highest BCUT2D eigenvalue weighted by Crippen LogP contribution is 2.70. The molecule has 5 aliphatic carbocycles. The lowest BCUT2D eigenvalue weighted by Crippen LogP contribution is -2.57. The Kier molecular flexibility index (Phi) is 3.82. The molecular weight excluding hydrogens is 370 g/mol. The third-order valence-electron chi connectivity index (χ3n) is 9.92. The molecule has 2 unspecified atom stereocenters. The Hall–Kier alpha value is -1.90. The number of hydrogen-bond acceptors (Lipinski definition) is 3. The molecular formula is C27H33NO2. The SMILES string of the molecule is CN(C)c1ccc2c(c1)C[C@]13CCC(=O)C=C1CC[C@@H]1C3C2C[C@]2(C)C(=O)CC[C@@H]12. The molecule has 5 aliphatic rings. The zero-order valence-corrected chi connectivity index (χ0v) is 18.5. The van der Waals surface area contributed by atoms with Gasteiger partial charge in [0.05, 0.1) is 0 Å². The molecule has 0 bridgehead atoms. The van der Waals surface area contributed by atoms with Crippen molar-refractivity contribution in [3.63, 3.8) is 0 Å². The van der Waals surface area contributed by atoms with E-state index in [9.17, 15) is 9.59 Å². The van der Waals surface area contributed by atoms with Crippen molar-refractivity contribution in [1.29, 1.82) is 0 Å². The number of benzene rings is 1. The molecule has 0 N–H and O–H groups in total.